The van der Waals surface area contributed by atoms with E-state index in [0.717, 1.165) is 7.11 Å². The summed E-state index contributed by atoms with van der Waals surface area (Å²) >= 11 is 0. The molecule has 0 aromatic carbocycles. The van der Waals surface area contributed by atoms with E-state index in [9.17, 15) is 19.0 Å². The van der Waals surface area contributed by atoms with Crippen LogP contribution >= 0.6 is 7.60 Å². The molecule has 5 atom stereocenters. The Morgan fingerprint density at radius 1 is 1.35 bits per heavy atom. The highest BCUT2D eigenvalue weighted by Crippen LogP contribution is 2.42. The van der Waals surface area contributed by atoms with E-state index in [1.807, 2.05) is 0 Å². The van der Waals surface area contributed by atoms with E-state index < -0.39 is 44.6 Å². The van der Waals surface area contributed by atoms with Gasteiger partial charge < -0.3 is 28.4 Å². The van der Waals surface area contributed by atoms with Crippen LogP contribution in [0.15, 0.2) is 12.3 Å². The first-order valence-corrected chi connectivity index (χ1v) is 9.80. The van der Waals surface area contributed by atoms with Crippen LogP contribution in [0, 0.1) is 0 Å². The topological polar surface area (TPSA) is 121 Å². The summed E-state index contributed by atoms with van der Waals surface area (Å²) in [5.41, 5.74) is 0. The van der Waals surface area contributed by atoms with Crippen molar-refractivity contribution >= 4 is 19.3 Å². The smallest absolute Gasteiger partial charge is 0.353 e. The minimum Gasteiger partial charge on any atom is -0.374 e. The van der Waals surface area contributed by atoms with Crippen molar-refractivity contribution in [2.75, 3.05) is 20.6 Å². The molecule has 26 heavy (non-hydrogen) atoms. The van der Waals surface area contributed by atoms with E-state index >= 15 is 0 Å². The third kappa shape index (κ3) is 4.98. The first-order chi connectivity index (χ1) is 12.2. The maximum Gasteiger partial charge on any atom is 0.353 e. The summed E-state index contributed by atoms with van der Waals surface area (Å²) in [6.45, 7) is 3.60. The number of rotatable bonds is 8. The molecule has 1 unspecified atom stereocenters. The summed E-state index contributed by atoms with van der Waals surface area (Å²) in [6.07, 6.45) is -1.98. The Morgan fingerprint density at radius 2 is 2.04 bits per heavy atom. The summed E-state index contributed by atoms with van der Waals surface area (Å²) in [7, 11) is -1.40. The summed E-state index contributed by atoms with van der Waals surface area (Å²) in [4.78, 5) is 34.3. The predicted octanol–water partition coefficient (Wildman–Crippen LogP) is 0.598. The Balaban J connectivity index is 2.21. The first-order valence-electron chi connectivity index (χ1n) is 8.03. The van der Waals surface area contributed by atoms with Gasteiger partial charge in [-0.1, -0.05) is 0 Å². The van der Waals surface area contributed by atoms with Gasteiger partial charge in [0.2, 0.25) is 5.91 Å². The first kappa shape index (κ1) is 21.2. The summed E-state index contributed by atoms with van der Waals surface area (Å²) < 4.78 is 38.5. The molecule has 0 saturated carbocycles. The minimum atomic E-state index is -3.92. The van der Waals surface area contributed by atoms with Crippen LogP contribution in [0.1, 0.15) is 20.3 Å². The molecule has 1 fully saturated rings. The number of ether oxygens (including phenoxy) is 4. The summed E-state index contributed by atoms with van der Waals surface area (Å²) in [5.74, 6) is -0.750. The van der Waals surface area contributed by atoms with Crippen LogP contribution in [0.4, 0.5) is 0 Å². The quantitative estimate of drug-likeness (QED) is 0.467. The van der Waals surface area contributed by atoms with Gasteiger partial charge in [0, 0.05) is 20.4 Å². The number of hydrogen-bond donors (Lipinski definition) is 1. The number of carbonyl (C=O) groups is 2. The van der Waals surface area contributed by atoms with Gasteiger partial charge in [0.15, 0.2) is 24.6 Å². The summed E-state index contributed by atoms with van der Waals surface area (Å²) in [6, 6.07) is 0. The molecule has 10 nitrogen and oxygen atoms in total. The molecular weight excluding hydrogens is 369 g/mol. The highest BCUT2D eigenvalue weighted by molar-refractivity contribution is 7.52. The third-order valence-electron chi connectivity index (χ3n) is 3.84. The van der Waals surface area contributed by atoms with Gasteiger partial charge >= 0.3 is 7.60 Å². The van der Waals surface area contributed by atoms with E-state index in [1.54, 1.807) is 13.8 Å². The van der Waals surface area contributed by atoms with Gasteiger partial charge in [-0.2, -0.15) is 0 Å². The highest BCUT2D eigenvalue weighted by Gasteiger charge is 2.51. The van der Waals surface area contributed by atoms with Gasteiger partial charge in [0.05, 0.1) is 12.5 Å². The van der Waals surface area contributed by atoms with Gasteiger partial charge in [0.1, 0.15) is 12.2 Å². The maximum absolute atomic E-state index is 12.2. The molecule has 0 aliphatic carbocycles. The molecule has 0 aromatic rings. The van der Waals surface area contributed by atoms with Gasteiger partial charge in [-0.15, -0.1) is 0 Å². The van der Waals surface area contributed by atoms with E-state index in [-0.39, 0.29) is 18.3 Å². The lowest BCUT2D eigenvalue weighted by atomic mass is 10.1. The fourth-order valence-electron chi connectivity index (χ4n) is 2.67. The zero-order valence-corrected chi connectivity index (χ0v) is 16.0. The van der Waals surface area contributed by atoms with Gasteiger partial charge in [-0.3, -0.25) is 19.1 Å². The molecule has 2 rings (SSSR count). The van der Waals surface area contributed by atoms with Crippen LogP contribution in [-0.4, -0.2) is 72.9 Å². The fraction of sp³-hybridized carbons (Fsp3) is 0.733. The van der Waals surface area contributed by atoms with Gasteiger partial charge in [-0.05, 0) is 19.9 Å². The van der Waals surface area contributed by atoms with Crippen LogP contribution < -0.4 is 0 Å². The standard InChI is InChI=1S/C15H24NO9P/c1-9(2)24-13-12(21-3)14(16-6-5-10(17)7-11(16)18)25-15(13)23-8-26(19,20)22-4/h5-6,9,12-15H,7-8H2,1-4H3,(H,19,20)/t12-,13+,14-,15+/m1/s1. The highest BCUT2D eigenvalue weighted by atomic mass is 31.2. The average Bonchev–Trinajstić information content (AvgIpc) is 2.89. The lowest BCUT2D eigenvalue weighted by Crippen LogP contribution is -2.47. The number of hydrogen-bond acceptors (Lipinski definition) is 8. The van der Waals surface area contributed by atoms with Crippen molar-refractivity contribution in [3.05, 3.63) is 12.3 Å². The van der Waals surface area contributed by atoms with Crippen LogP contribution in [0.25, 0.3) is 0 Å². The average molecular weight is 393 g/mol. The molecule has 0 aromatic heterocycles. The largest absolute Gasteiger partial charge is 0.374 e. The summed E-state index contributed by atoms with van der Waals surface area (Å²) in [5, 5.41) is 0. The van der Waals surface area contributed by atoms with Crippen molar-refractivity contribution in [3.63, 3.8) is 0 Å². The molecular formula is C15H24NO9P. The zero-order chi connectivity index (χ0) is 19.5. The predicted molar refractivity (Wildman–Crippen MR) is 87.9 cm³/mol. The van der Waals surface area contributed by atoms with Crippen molar-refractivity contribution in [1.82, 2.24) is 4.90 Å². The molecule has 0 radical (unpaired) electrons. The molecule has 148 valence electrons. The van der Waals surface area contributed by atoms with Crippen molar-refractivity contribution < 1.29 is 42.5 Å². The van der Waals surface area contributed by atoms with E-state index in [0.29, 0.717) is 0 Å². The Kier molecular flexibility index (Phi) is 7.09. The van der Waals surface area contributed by atoms with Crippen LogP contribution in [0.5, 0.6) is 0 Å². The normalized spacial score (nSPS) is 31.7. The van der Waals surface area contributed by atoms with Crippen LogP contribution in [-0.2, 0) is 37.6 Å². The molecule has 0 bridgehead atoms. The van der Waals surface area contributed by atoms with Crippen molar-refractivity contribution in [1.29, 1.82) is 0 Å². The number of carbonyl (C=O) groups excluding carboxylic acids is 2. The Morgan fingerprint density at radius 3 is 2.58 bits per heavy atom. The zero-order valence-electron chi connectivity index (χ0n) is 15.1. The Hall–Kier alpha value is -1.13. The third-order valence-corrected chi connectivity index (χ3v) is 4.89. The second-order valence-electron chi connectivity index (χ2n) is 6.12. The molecule has 11 heteroatoms. The lowest BCUT2D eigenvalue weighted by Gasteiger charge is -2.30. The minimum absolute atomic E-state index is 0.219. The second kappa shape index (κ2) is 8.71. The van der Waals surface area contributed by atoms with E-state index in [1.165, 1.54) is 24.3 Å². The van der Waals surface area contributed by atoms with Crippen LogP contribution in [0.3, 0.4) is 0 Å². The number of methoxy groups -OCH3 is 1. The van der Waals surface area contributed by atoms with Gasteiger partial charge in [-0.25, -0.2) is 0 Å². The second-order valence-corrected chi connectivity index (χ2v) is 8.02. The van der Waals surface area contributed by atoms with E-state index in [2.05, 4.69) is 4.52 Å². The van der Waals surface area contributed by atoms with Crippen molar-refractivity contribution in [3.8, 4) is 0 Å². The van der Waals surface area contributed by atoms with Crippen molar-refractivity contribution in [2.45, 2.75) is 51.1 Å². The number of amides is 1. The number of allylic oxidation sites excluding steroid dienone is 1. The van der Waals surface area contributed by atoms with E-state index in [4.69, 9.17) is 18.9 Å². The Bertz CT molecular complexity index is 608. The molecule has 1 saturated heterocycles. The maximum atomic E-state index is 12.2. The molecule has 1 N–H and O–H groups in total. The molecule has 2 aliphatic rings. The van der Waals surface area contributed by atoms with Crippen molar-refractivity contribution in [2.24, 2.45) is 0 Å². The fourth-order valence-corrected chi connectivity index (χ4v) is 3.11. The SMILES string of the molecule is CO[C@@H]1[C@H](OC(C)C)[C@@H](OCP(=O)(O)OC)O[C@H]1N1C=CC(=O)CC1=O. The number of nitrogens with zero attached hydrogens (tertiary/aromatic N) is 1. The lowest BCUT2D eigenvalue weighted by molar-refractivity contribution is -0.191. The molecule has 0 spiro atoms. The monoisotopic (exact) mass is 393 g/mol. The molecule has 2 aliphatic heterocycles. The van der Waals surface area contributed by atoms with Crippen LogP contribution in [0.2, 0.25) is 0 Å². The molecule has 2 heterocycles. The number of ketones is 1. The van der Waals surface area contributed by atoms with Gasteiger partial charge in [0.25, 0.3) is 0 Å². The molecule has 1 amide bonds. The Labute approximate surface area is 151 Å².